The van der Waals surface area contributed by atoms with E-state index in [2.05, 4.69) is 32.3 Å². The van der Waals surface area contributed by atoms with Crippen LogP contribution in [0.3, 0.4) is 0 Å². The summed E-state index contributed by atoms with van der Waals surface area (Å²) < 4.78 is 2.26. The van der Waals surface area contributed by atoms with Gasteiger partial charge in [0.1, 0.15) is 11.6 Å². The smallest absolute Gasteiger partial charge is 0.220 e. The molecule has 1 aromatic rings. The quantitative estimate of drug-likeness (QED) is 0.762. The fourth-order valence-electron chi connectivity index (χ4n) is 3.94. The van der Waals surface area contributed by atoms with E-state index in [-0.39, 0.29) is 30.7 Å². The van der Waals surface area contributed by atoms with Crippen molar-refractivity contribution in [1.29, 1.82) is 0 Å². The van der Waals surface area contributed by atoms with E-state index >= 15 is 0 Å². The Bertz CT molecular complexity index is 546. The first-order valence-electron chi connectivity index (χ1n) is 9.62. The number of rotatable bonds is 6. The Morgan fingerprint density at radius 2 is 2.12 bits per heavy atom. The van der Waals surface area contributed by atoms with Crippen LogP contribution in [0.1, 0.15) is 57.1 Å². The summed E-state index contributed by atoms with van der Waals surface area (Å²) in [4.78, 5) is 12.2. The molecular formula is C18H33Cl2N5O. The highest BCUT2D eigenvalue weighted by Crippen LogP contribution is 2.22. The molecule has 150 valence electrons. The maximum atomic E-state index is 12.2. The summed E-state index contributed by atoms with van der Waals surface area (Å²) in [6.07, 6.45) is 8.60. The van der Waals surface area contributed by atoms with Gasteiger partial charge in [-0.1, -0.05) is 13.3 Å². The third-order valence-corrected chi connectivity index (χ3v) is 5.50. The second-order valence-corrected chi connectivity index (χ2v) is 7.38. The molecule has 0 radical (unpaired) electrons. The lowest BCUT2D eigenvalue weighted by atomic mass is 9.85. The third-order valence-electron chi connectivity index (χ3n) is 5.50. The van der Waals surface area contributed by atoms with Crippen LogP contribution in [0.25, 0.3) is 0 Å². The van der Waals surface area contributed by atoms with Crippen molar-refractivity contribution >= 4 is 30.7 Å². The third kappa shape index (κ3) is 6.39. The van der Waals surface area contributed by atoms with Crippen LogP contribution in [0.5, 0.6) is 0 Å². The van der Waals surface area contributed by atoms with Crippen LogP contribution >= 0.6 is 24.8 Å². The number of nitrogens with zero attached hydrogens (tertiary/aromatic N) is 3. The Labute approximate surface area is 169 Å². The number of fused-ring (bicyclic) bond motifs is 1. The summed E-state index contributed by atoms with van der Waals surface area (Å²) in [5, 5.41) is 15.1. The minimum absolute atomic E-state index is 0. The molecule has 2 unspecified atom stereocenters. The highest BCUT2D eigenvalue weighted by Gasteiger charge is 2.22. The molecule has 2 N–H and O–H groups in total. The molecule has 6 nitrogen and oxygen atoms in total. The zero-order chi connectivity index (χ0) is 16.8. The number of amides is 1. The van der Waals surface area contributed by atoms with Crippen molar-refractivity contribution in [2.75, 3.05) is 19.6 Å². The number of hydrogen-bond donors (Lipinski definition) is 2. The van der Waals surface area contributed by atoms with Gasteiger partial charge in [0.25, 0.3) is 0 Å². The first-order chi connectivity index (χ1) is 11.7. The van der Waals surface area contributed by atoms with Crippen LogP contribution < -0.4 is 10.6 Å². The summed E-state index contributed by atoms with van der Waals surface area (Å²) in [6, 6.07) is 0. The molecule has 0 spiro atoms. The molecule has 1 amide bonds. The molecule has 3 heterocycles. The normalized spacial score (nSPS) is 20.7. The molecule has 26 heavy (non-hydrogen) atoms. The topological polar surface area (TPSA) is 71.8 Å². The molecular weight excluding hydrogens is 373 g/mol. The second kappa shape index (κ2) is 11.8. The fraction of sp³-hybridized carbons (Fsp3) is 0.833. The molecule has 1 aromatic heterocycles. The molecule has 2 aliphatic heterocycles. The van der Waals surface area contributed by atoms with E-state index in [1.165, 1.54) is 32.1 Å². The van der Waals surface area contributed by atoms with Gasteiger partial charge in [-0.25, -0.2) is 0 Å². The molecule has 8 heteroatoms. The van der Waals surface area contributed by atoms with Gasteiger partial charge < -0.3 is 15.2 Å². The van der Waals surface area contributed by atoms with E-state index in [0.29, 0.717) is 24.8 Å². The lowest BCUT2D eigenvalue weighted by molar-refractivity contribution is -0.122. The first-order valence-corrected chi connectivity index (χ1v) is 9.62. The van der Waals surface area contributed by atoms with Crippen molar-refractivity contribution < 1.29 is 4.79 Å². The van der Waals surface area contributed by atoms with Crippen molar-refractivity contribution in [3.63, 3.8) is 0 Å². The number of carbonyl (C=O) groups is 1. The molecule has 1 fully saturated rings. The van der Waals surface area contributed by atoms with E-state index < -0.39 is 0 Å². The Kier molecular flexibility index (Phi) is 10.5. The lowest BCUT2D eigenvalue weighted by Crippen LogP contribution is -2.36. The molecule has 0 saturated carbocycles. The average Bonchev–Trinajstić information content (AvgIpc) is 2.82. The first kappa shape index (κ1) is 23.2. The Balaban J connectivity index is 0.00000169. The van der Waals surface area contributed by atoms with Gasteiger partial charge in [0.05, 0.1) is 0 Å². The molecule has 2 aliphatic rings. The lowest BCUT2D eigenvalue weighted by Gasteiger charge is -2.28. The molecule has 1 saturated heterocycles. The van der Waals surface area contributed by atoms with Crippen molar-refractivity contribution in [2.24, 2.45) is 11.8 Å². The Hall–Kier alpha value is -0.850. The SMILES string of the molecule is CC(CC(=O)NCCc1nnc2n1CCCCC2)C1CCCNC1.Cl.Cl. The number of aryl methyl sites for hydroxylation is 1. The van der Waals surface area contributed by atoms with Gasteiger partial charge in [-0.15, -0.1) is 35.0 Å². The van der Waals surface area contributed by atoms with Crippen LogP contribution in [-0.4, -0.2) is 40.3 Å². The monoisotopic (exact) mass is 405 g/mol. The largest absolute Gasteiger partial charge is 0.356 e. The highest BCUT2D eigenvalue weighted by atomic mass is 35.5. The standard InChI is InChI=1S/C18H31N5O.2ClH/c1-14(15-6-5-9-19-13-15)12-18(24)20-10-8-17-22-21-16-7-3-2-4-11-23(16)17;;/h14-15,19H,2-13H2,1H3,(H,20,24);2*1H. The number of hydrogen-bond acceptors (Lipinski definition) is 4. The van der Waals surface area contributed by atoms with Crippen LogP contribution in [0.4, 0.5) is 0 Å². The molecule has 3 rings (SSSR count). The van der Waals surface area contributed by atoms with Gasteiger partial charge >= 0.3 is 0 Å². The van der Waals surface area contributed by atoms with E-state index in [1.807, 2.05) is 0 Å². The summed E-state index contributed by atoms with van der Waals surface area (Å²) in [5.41, 5.74) is 0. The Morgan fingerprint density at radius 1 is 1.27 bits per heavy atom. The van der Waals surface area contributed by atoms with Gasteiger partial charge in [0.15, 0.2) is 0 Å². The van der Waals surface area contributed by atoms with Crippen molar-refractivity contribution in [3.8, 4) is 0 Å². The number of nitrogens with one attached hydrogen (secondary N) is 2. The number of halogens is 2. The number of aromatic nitrogens is 3. The average molecular weight is 406 g/mol. The van der Waals surface area contributed by atoms with Crippen LogP contribution in [0.15, 0.2) is 0 Å². The molecule has 0 aromatic carbocycles. The van der Waals surface area contributed by atoms with Crippen LogP contribution in [0.2, 0.25) is 0 Å². The van der Waals surface area contributed by atoms with Gasteiger partial charge in [-0.2, -0.15) is 0 Å². The maximum Gasteiger partial charge on any atom is 0.220 e. The summed E-state index contributed by atoms with van der Waals surface area (Å²) in [6.45, 7) is 6.07. The zero-order valence-electron chi connectivity index (χ0n) is 15.7. The molecule has 0 aliphatic carbocycles. The van der Waals surface area contributed by atoms with E-state index in [4.69, 9.17) is 0 Å². The summed E-state index contributed by atoms with van der Waals surface area (Å²) in [5.74, 6) is 3.39. The zero-order valence-corrected chi connectivity index (χ0v) is 17.3. The van der Waals surface area contributed by atoms with Crippen LogP contribution in [0, 0.1) is 11.8 Å². The predicted octanol–water partition coefficient (Wildman–Crippen LogP) is 2.53. The minimum Gasteiger partial charge on any atom is -0.356 e. The van der Waals surface area contributed by atoms with Gasteiger partial charge in [0, 0.05) is 32.4 Å². The van der Waals surface area contributed by atoms with E-state index in [1.54, 1.807) is 0 Å². The van der Waals surface area contributed by atoms with Crippen molar-refractivity contribution in [3.05, 3.63) is 11.6 Å². The second-order valence-electron chi connectivity index (χ2n) is 7.38. The molecule has 0 bridgehead atoms. The number of carbonyl (C=O) groups excluding carboxylic acids is 1. The Morgan fingerprint density at radius 3 is 2.88 bits per heavy atom. The fourth-order valence-corrected chi connectivity index (χ4v) is 3.94. The van der Waals surface area contributed by atoms with Gasteiger partial charge in [-0.05, 0) is 50.6 Å². The molecule has 2 atom stereocenters. The van der Waals surface area contributed by atoms with E-state index in [9.17, 15) is 4.79 Å². The van der Waals surface area contributed by atoms with Crippen LogP contribution in [-0.2, 0) is 24.2 Å². The number of piperidine rings is 1. The van der Waals surface area contributed by atoms with Crippen molar-refractivity contribution in [2.45, 2.75) is 64.8 Å². The predicted molar refractivity (Wildman–Crippen MR) is 108 cm³/mol. The summed E-state index contributed by atoms with van der Waals surface area (Å²) in [7, 11) is 0. The summed E-state index contributed by atoms with van der Waals surface area (Å²) >= 11 is 0. The van der Waals surface area contributed by atoms with Gasteiger partial charge in [0.2, 0.25) is 5.91 Å². The highest BCUT2D eigenvalue weighted by molar-refractivity contribution is 5.85. The van der Waals surface area contributed by atoms with Crippen molar-refractivity contribution in [1.82, 2.24) is 25.4 Å². The minimum atomic E-state index is 0. The van der Waals surface area contributed by atoms with E-state index in [0.717, 1.165) is 44.1 Å². The maximum absolute atomic E-state index is 12.2. The van der Waals surface area contributed by atoms with Gasteiger partial charge in [-0.3, -0.25) is 4.79 Å².